The first-order valence-electron chi connectivity index (χ1n) is 7.58. The van der Waals surface area contributed by atoms with Crippen molar-refractivity contribution in [2.24, 2.45) is 7.05 Å². The predicted octanol–water partition coefficient (Wildman–Crippen LogP) is 2.35. The third kappa shape index (κ3) is 3.88. The molecule has 0 aliphatic rings. The lowest BCUT2D eigenvalue weighted by atomic mass is 10.2. The van der Waals surface area contributed by atoms with Crippen LogP contribution in [0.15, 0.2) is 17.8 Å². The molecule has 1 amide bonds. The monoisotopic (exact) mass is 348 g/mol. The van der Waals surface area contributed by atoms with Crippen molar-refractivity contribution >= 4 is 40.0 Å². The van der Waals surface area contributed by atoms with Gasteiger partial charge in [-0.1, -0.05) is 0 Å². The van der Waals surface area contributed by atoms with Gasteiger partial charge in [-0.15, -0.1) is 11.3 Å². The van der Waals surface area contributed by atoms with Crippen LogP contribution in [0.3, 0.4) is 0 Å². The molecule has 2 aromatic heterocycles. The SMILES string of the molecule is CCOC(=O)/C(=C\c1csc(N(CC)C(C)=O)n1)c1nccn1C. The molecule has 0 saturated heterocycles. The summed E-state index contributed by atoms with van der Waals surface area (Å²) in [5.74, 6) is -0.0284. The number of esters is 1. The number of carbonyl (C=O) groups excluding carboxylic acids is 2. The standard InChI is InChI=1S/C16H20N4O3S/c1-5-20(11(3)21)16-18-12(10-24-16)9-13(15(22)23-6-2)14-17-7-8-19(14)4/h7-10H,5-6H2,1-4H3/b13-9-. The van der Waals surface area contributed by atoms with Crippen LogP contribution in [0.25, 0.3) is 11.6 Å². The number of nitrogens with zero attached hydrogens (tertiary/aromatic N) is 4. The van der Waals surface area contributed by atoms with E-state index >= 15 is 0 Å². The van der Waals surface area contributed by atoms with Gasteiger partial charge in [-0.2, -0.15) is 0 Å². The highest BCUT2D eigenvalue weighted by molar-refractivity contribution is 7.14. The van der Waals surface area contributed by atoms with E-state index in [1.54, 1.807) is 47.3 Å². The summed E-state index contributed by atoms with van der Waals surface area (Å²) < 4.78 is 6.86. The summed E-state index contributed by atoms with van der Waals surface area (Å²) in [5, 5.41) is 2.39. The minimum atomic E-state index is -0.458. The van der Waals surface area contributed by atoms with Crippen LogP contribution in [0, 0.1) is 0 Å². The molecular formula is C16H20N4O3S. The molecule has 0 radical (unpaired) electrons. The predicted molar refractivity (Wildman–Crippen MR) is 93.5 cm³/mol. The van der Waals surface area contributed by atoms with Crippen molar-refractivity contribution in [3.05, 3.63) is 29.3 Å². The number of thiazole rings is 1. The first kappa shape index (κ1) is 17.9. The van der Waals surface area contributed by atoms with Crippen LogP contribution in [0.5, 0.6) is 0 Å². The Hall–Kier alpha value is -2.48. The molecule has 2 rings (SSSR count). The van der Waals surface area contributed by atoms with Crippen molar-refractivity contribution < 1.29 is 14.3 Å². The molecule has 0 bridgehead atoms. The molecular weight excluding hydrogens is 328 g/mol. The number of amides is 1. The van der Waals surface area contributed by atoms with Crippen molar-refractivity contribution in [2.45, 2.75) is 20.8 Å². The summed E-state index contributed by atoms with van der Waals surface area (Å²) in [5.41, 5.74) is 0.910. The van der Waals surface area contributed by atoms with Gasteiger partial charge in [0.05, 0.1) is 12.3 Å². The topological polar surface area (TPSA) is 77.3 Å². The number of hydrogen-bond donors (Lipinski definition) is 0. The van der Waals surface area contributed by atoms with Gasteiger partial charge in [0.1, 0.15) is 11.4 Å². The molecule has 24 heavy (non-hydrogen) atoms. The lowest BCUT2D eigenvalue weighted by Crippen LogP contribution is -2.27. The fraction of sp³-hybridized carbons (Fsp3) is 0.375. The van der Waals surface area contributed by atoms with Crippen LogP contribution in [0.4, 0.5) is 5.13 Å². The minimum absolute atomic E-state index is 0.0721. The Morgan fingerprint density at radius 3 is 2.71 bits per heavy atom. The third-order valence-electron chi connectivity index (χ3n) is 3.29. The van der Waals surface area contributed by atoms with Crippen LogP contribution < -0.4 is 4.90 Å². The van der Waals surface area contributed by atoms with Gasteiger partial charge in [-0.25, -0.2) is 14.8 Å². The Morgan fingerprint density at radius 1 is 1.42 bits per heavy atom. The van der Waals surface area contributed by atoms with Gasteiger partial charge in [-0.3, -0.25) is 9.69 Å². The van der Waals surface area contributed by atoms with E-state index < -0.39 is 5.97 Å². The number of carbonyl (C=O) groups is 2. The van der Waals surface area contributed by atoms with Crippen molar-refractivity contribution in [1.29, 1.82) is 0 Å². The minimum Gasteiger partial charge on any atom is -0.462 e. The molecule has 2 heterocycles. The Morgan fingerprint density at radius 2 is 2.17 bits per heavy atom. The largest absolute Gasteiger partial charge is 0.462 e. The molecule has 2 aromatic rings. The van der Waals surface area contributed by atoms with E-state index in [2.05, 4.69) is 9.97 Å². The fourth-order valence-corrected chi connectivity index (χ4v) is 3.05. The number of aromatic nitrogens is 3. The zero-order valence-corrected chi connectivity index (χ0v) is 15.0. The van der Waals surface area contributed by atoms with Crippen molar-refractivity contribution in [3.63, 3.8) is 0 Å². The van der Waals surface area contributed by atoms with Crippen LogP contribution in [0.2, 0.25) is 0 Å². The highest BCUT2D eigenvalue weighted by Crippen LogP contribution is 2.24. The Balaban J connectivity index is 2.40. The van der Waals surface area contributed by atoms with Gasteiger partial charge < -0.3 is 9.30 Å². The van der Waals surface area contributed by atoms with Gasteiger partial charge in [0.25, 0.3) is 0 Å². The van der Waals surface area contributed by atoms with Crippen LogP contribution in [-0.4, -0.2) is 39.6 Å². The molecule has 0 fully saturated rings. The first-order valence-corrected chi connectivity index (χ1v) is 8.46. The van der Waals surface area contributed by atoms with Crippen molar-refractivity contribution in [2.75, 3.05) is 18.1 Å². The Bertz CT molecular complexity index is 763. The Kier molecular flexibility index (Phi) is 5.86. The second-order valence-electron chi connectivity index (χ2n) is 4.96. The zero-order chi connectivity index (χ0) is 17.7. The molecule has 8 heteroatoms. The van der Waals surface area contributed by atoms with E-state index in [9.17, 15) is 9.59 Å². The maximum atomic E-state index is 12.3. The lowest BCUT2D eigenvalue weighted by molar-refractivity contribution is -0.136. The van der Waals surface area contributed by atoms with Crippen molar-refractivity contribution in [3.8, 4) is 0 Å². The molecule has 0 saturated carbocycles. The van der Waals surface area contributed by atoms with Gasteiger partial charge in [0, 0.05) is 38.3 Å². The summed E-state index contributed by atoms with van der Waals surface area (Å²) in [6.45, 7) is 5.95. The first-order chi connectivity index (χ1) is 11.5. The number of hydrogen-bond acceptors (Lipinski definition) is 6. The van der Waals surface area contributed by atoms with E-state index in [0.29, 0.717) is 28.8 Å². The molecule has 128 valence electrons. The van der Waals surface area contributed by atoms with Gasteiger partial charge in [0.2, 0.25) is 5.91 Å². The summed E-state index contributed by atoms with van der Waals surface area (Å²) in [6, 6.07) is 0. The van der Waals surface area contributed by atoms with E-state index in [1.165, 1.54) is 18.3 Å². The molecule has 0 atom stereocenters. The quantitative estimate of drug-likeness (QED) is 0.591. The maximum absolute atomic E-state index is 12.3. The van der Waals surface area contributed by atoms with Crippen LogP contribution in [0.1, 0.15) is 32.3 Å². The second kappa shape index (κ2) is 7.87. The summed E-state index contributed by atoms with van der Waals surface area (Å²) >= 11 is 1.35. The lowest BCUT2D eigenvalue weighted by Gasteiger charge is -2.14. The number of anilines is 1. The van der Waals surface area contributed by atoms with Crippen LogP contribution in [-0.2, 0) is 21.4 Å². The van der Waals surface area contributed by atoms with Gasteiger partial charge in [0.15, 0.2) is 5.13 Å². The molecule has 0 spiro atoms. The highest BCUT2D eigenvalue weighted by Gasteiger charge is 2.19. The molecule has 0 unspecified atom stereocenters. The number of rotatable bonds is 6. The normalized spacial score (nSPS) is 11.4. The fourth-order valence-electron chi connectivity index (χ4n) is 2.16. The van der Waals surface area contributed by atoms with E-state index in [-0.39, 0.29) is 12.5 Å². The zero-order valence-electron chi connectivity index (χ0n) is 14.1. The average molecular weight is 348 g/mol. The Labute approximate surface area is 144 Å². The summed E-state index contributed by atoms with van der Waals surface area (Å²) in [6.07, 6.45) is 5.00. The third-order valence-corrected chi connectivity index (χ3v) is 4.17. The average Bonchev–Trinajstić information content (AvgIpc) is 3.15. The molecule has 0 aliphatic carbocycles. The molecule has 0 aromatic carbocycles. The maximum Gasteiger partial charge on any atom is 0.341 e. The van der Waals surface area contributed by atoms with E-state index in [4.69, 9.17) is 4.74 Å². The highest BCUT2D eigenvalue weighted by atomic mass is 32.1. The van der Waals surface area contributed by atoms with Crippen molar-refractivity contribution in [1.82, 2.24) is 14.5 Å². The smallest absolute Gasteiger partial charge is 0.341 e. The molecule has 0 aliphatic heterocycles. The number of imidazole rings is 1. The summed E-state index contributed by atoms with van der Waals surface area (Å²) in [7, 11) is 1.80. The summed E-state index contributed by atoms with van der Waals surface area (Å²) in [4.78, 5) is 34.1. The molecule has 0 N–H and O–H groups in total. The van der Waals surface area contributed by atoms with Crippen LogP contribution >= 0.6 is 11.3 Å². The van der Waals surface area contributed by atoms with E-state index in [0.717, 1.165) is 0 Å². The van der Waals surface area contributed by atoms with Gasteiger partial charge in [-0.05, 0) is 19.9 Å². The van der Waals surface area contributed by atoms with Gasteiger partial charge >= 0.3 is 5.97 Å². The number of aryl methyl sites for hydroxylation is 1. The second-order valence-corrected chi connectivity index (χ2v) is 5.80. The number of ether oxygens (including phenoxy) is 1. The van der Waals surface area contributed by atoms with E-state index in [1.807, 2.05) is 6.92 Å². The molecule has 7 nitrogen and oxygen atoms in total.